The minimum atomic E-state index is -4.22. The van der Waals surface area contributed by atoms with Gasteiger partial charge in [-0.3, -0.25) is 9.88 Å². The zero-order valence-corrected chi connectivity index (χ0v) is 13.9. The summed E-state index contributed by atoms with van der Waals surface area (Å²) in [5.74, 6) is -0.832. The summed E-state index contributed by atoms with van der Waals surface area (Å²) >= 11 is 0.994. The molecule has 0 atom stereocenters. The summed E-state index contributed by atoms with van der Waals surface area (Å²) in [6, 6.07) is 0. The molecule has 0 bridgehead atoms. The summed E-state index contributed by atoms with van der Waals surface area (Å²) in [6.45, 7) is 4.70. The number of hydrogen-bond donors (Lipinski definition) is 3. The van der Waals surface area contributed by atoms with E-state index in [-0.39, 0.29) is 10.8 Å². The van der Waals surface area contributed by atoms with Crippen LogP contribution in [0.4, 0.5) is 9.93 Å². The first-order valence-electron chi connectivity index (χ1n) is 6.13. The van der Waals surface area contributed by atoms with Gasteiger partial charge in [0.15, 0.2) is 10.8 Å². The number of aromatic nitrogens is 1. The maximum Gasteiger partial charge on any atom is 0.413 e. The second kappa shape index (κ2) is 7.19. The average molecular weight is 352 g/mol. The molecule has 0 aromatic carbocycles. The van der Waals surface area contributed by atoms with Gasteiger partial charge in [0.05, 0.1) is 6.16 Å². The van der Waals surface area contributed by atoms with Gasteiger partial charge in [0.2, 0.25) is 0 Å². The van der Waals surface area contributed by atoms with Crippen LogP contribution in [0, 0.1) is 0 Å². The normalized spacial score (nSPS) is 11.9. The molecule has 3 N–H and O–H groups in total. The smallest absolute Gasteiger partial charge is 0.413 e. The van der Waals surface area contributed by atoms with Gasteiger partial charge in [0, 0.05) is 5.38 Å². The van der Waals surface area contributed by atoms with Gasteiger partial charge in [-0.05, 0) is 20.8 Å². The molecule has 1 amide bonds. The maximum absolute atomic E-state index is 11.6. The monoisotopic (exact) mass is 352 g/mol. The predicted molar refractivity (Wildman–Crippen MR) is 79.2 cm³/mol. The molecular weight excluding hydrogens is 335 g/mol. The number of rotatable bonds is 5. The molecule has 0 saturated heterocycles. The standard InChI is InChI=1S/C11H17N2O7PS/c1-11(2,3)20-10(15)13-9-12-7(6-22-9)8(14)19-4-5-21(16,17)18/h6H,4-5H2,1-3H3,(H,12,13,15)(H2,16,17,18). The van der Waals surface area contributed by atoms with E-state index in [2.05, 4.69) is 15.0 Å². The van der Waals surface area contributed by atoms with Gasteiger partial charge in [-0.15, -0.1) is 11.3 Å². The molecule has 1 heterocycles. The van der Waals surface area contributed by atoms with Crippen LogP contribution < -0.4 is 5.32 Å². The van der Waals surface area contributed by atoms with Crippen molar-refractivity contribution in [3.63, 3.8) is 0 Å². The van der Waals surface area contributed by atoms with E-state index < -0.39 is 38.0 Å². The first kappa shape index (κ1) is 18.6. The Hall–Kier alpha value is -1.48. The van der Waals surface area contributed by atoms with E-state index in [0.29, 0.717) is 0 Å². The van der Waals surface area contributed by atoms with Crippen LogP contribution in [0.1, 0.15) is 31.3 Å². The zero-order chi connectivity index (χ0) is 17.0. The van der Waals surface area contributed by atoms with Crippen LogP contribution in [0.3, 0.4) is 0 Å². The molecule has 0 unspecified atom stereocenters. The van der Waals surface area contributed by atoms with Crippen molar-refractivity contribution < 1.29 is 33.4 Å². The van der Waals surface area contributed by atoms with Crippen molar-refractivity contribution in [1.82, 2.24) is 4.98 Å². The third kappa shape index (κ3) is 7.51. The number of thiazole rings is 1. The summed E-state index contributed by atoms with van der Waals surface area (Å²) in [7, 11) is -4.22. The highest BCUT2D eigenvalue weighted by molar-refractivity contribution is 7.51. The number of carbonyl (C=O) groups is 2. The van der Waals surface area contributed by atoms with Crippen LogP contribution >= 0.6 is 18.9 Å². The van der Waals surface area contributed by atoms with Gasteiger partial charge >= 0.3 is 19.7 Å². The quantitative estimate of drug-likeness (QED) is 0.539. The fourth-order valence-corrected chi connectivity index (χ4v) is 2.14. The highest BCUT2D eigenvalue weighted by atomic mass is 32.1. The van der Waals surface area contributed by atoms with Crippen LogP contribution in [0.5, 0.6) is 0 Å². The lowest BCUT2D eigenvalue weighted by Crippen LogP contribution is -2.27. The summed E-state index contributed by atoms with van der Waals surface area (Å²) in [5, 5.41) is 3.87. The molecule has 124 valence electrons. The second-order valence-electron chi connectivity index (χ2n) is 5.19. The van der Waals surface area contributed by atoms with Gasteiger partial charge in [-0.1, -0.05) is 0 Å². The first-order valence-corrected chi connectivity index (χ1v) is 8.81. The first-order chi connectivity index (χ1) is 9.96. The number of esters is 1. The van der Waals surface area contributed by atoms with Crippen molar-refractivity contribution in [1.29, 1.82) is 0 Å². The van der Waals surface area contributed by atoms with Gasteiger partial charge in [-0.25, -0.2) is 14.6 Å². The van der Waals surface area contributed by atoms with E-state index in [1.165, 1.54) is 5.38 Å². The van der Waals surface area contributed by atoms with Crippen molar-refractivity contribution >= 4 is 36.1 Å². The van der Waals surface area contributed by atoms with E-state index in [1.807, 2.05) is 0 Å². The average Bonchev–Trinajstić information content (AvgIpc) is 2.72. The minimum absolute atomic E-state index is 0.0678. The van der Waals surface area contributed by atoms with Gasteiger partial charge < -0.3 is 19.3 Å². The van der Waals surface area contributed by atoms with Crippen LogP contribution in [-0.4, -0.2) is 45.2 Å². The summed E-state index contributed by atoms with van der Waals surface area (Å²) in [4.78, 5) is 44.2. The van der Waals surface area contributed by atoms with Gasteiger partial charge in [0.25, 0.3) is 0 Å². The Kier molecular flexibility index (Phi) is 6.07. The molecule has 1 aromatic heterocycles. The Morgan fingerprint density at radius 2 is 2.05 bits per heavy atom. The van der Waals surface area contributed by atoms with Crippen molar-refractivity contribution in [3.05, 3.63) is 11.1 Å². The molecule has 11 heteroatoms. The third-order valence-corrected chi connectivity index (χ3v) is 3.46. The van der Waals surface area contributed by atoms with Crippen molar-refractivity contribution in [2.45, 2.75) is 26.4 Å². The Labute approximate surface area is 130 Å². The van der Waals surface area contributed by atoms with Crippen LogP contribution in [0.2, 0.25) is 0 Å². The van der Waals surface area contributed by atoms with Crippen LogP contribution in [0.15, 0.2) is 5.38 Å². The lowest BCUT2D eigenvalue weighted by atomic mass is 10.2. The molecule has 9 nitrogen and oxygen atoms in total. The van der Waals surface area contributed by atoms with E-state index in [1.54, 1.807) is 20.8 Å². The number of ether oxygens (including phenoxy) is 2. The van der Waals surface area contributed by atoms with E-state index >= 15 is 0 Å². The minimum Gasteiger partial charge on any atom is -0.460 e. The van der Waals surface area contributed by atoms with Gasteiger partial charge in [0.1, 0.15) is 12.2 Å². The molecule has 0 fully saturated rings. The zero-order valence-electron chi connectivity index (χ0n) is 12.2. The van der Waals surface area contributed by atoms with Crippen LogP contribution in [0.25, 0.3) is 0 Å². The molecule has 0 aliphatic rings. The summed E-state index contributed by atoms with van der Waals surface area (Å²) in [6.07, 6.45) is -1.27. The Morgan fingerprint density at radius 1 is 1.41 bits per heavy atom. The Balaban J connectivity index is 2.51. The molecule has 1 aromatic rings. The fourth-order valence-electron chi connectivity index (χ4n) is 1.15. The number of carbonyl (C=O) groups excluding carboxylic acids is 2. The van der Waals surface area contributed by atoms with Crippen molar-refractivity contribution in [2.24, 2.45) is 0 Å². The van der Waals surface area contributed by atoms with E-state index in [4.69, 9.17) is 14.5 Å². The number of amides is 1. The van der Waals surface area contributed by atoms with Crippen molar-refractivity contribution in [3.8, 4) is 0 Å². The molecule has 0 radical (unpaired) electrons. The van der Waals surface area contributed by atoms with E-state index in [9.17, 15) is 14.2 Å². The molecular formula is C11H17N2O7PS. The number of anilines is 1. The second-order valence-corrected chi connectivity index (χ2v) is 7.82. The molecule has 0 aliphatic heterocycles. The largest absolute Gasteiger partial charge is 0.460 e. The molecule has 0 aliphatic carbocycles. The van der Waals surface area contributed by atoms with Gasteiger partial charge in [-0.2, -0.15) is 0 Å². The number of nitrogens with zero attached hydrogens (tertiary/aromatic N) is 1. The van der Waals surface area contributed by atoms with Crippen molar-refractivity contribution in [2.75, 3.05) is 18.1 Å². The number of nitrogens with one attached hydrogen (secondary N) is 1. The fraction of sp³-hybridized carbons (Fsp3) is 0.545. The lowest BCUT2D eigenvalue weighted by molar-refractivity contribution is 0.0518. The molecule has 0 spiro atoms. The maximum atomic E-state index is 11.6. The van der Waals surface area contributed by atoms with Crippen LogP contribution in [-0.2, 0) is 14.0 Å². The summed E-state index contributed by atoms with van der Waals surface area (Å²) in [5.41, 5.74) is -0.729. The Morgan fingerprint density at radius 3 is 2.59 bits per heavy atom. The highest BCUT2D eigenvalue weighted by Crippen LogP contribution is 2.33. The SMILES string of the molecule is CC(C)(C)OC(=O)Nc1nc(C(=O)OCCP(=O)(O)O)cs1. The Bertz CT molecular complexity index is 590. The molecule has 0 saturated carbocycles. The number of hydrogen-bond acceptors (Lipinski definition) is 7. The topological polar surface area (TPSA) is 135 Å². The molecule has 1 rings (SSSR count). The lowest BCUT2D eigenvalue weighted by Gasteiger charge is -2.18. The summed E-state index contributed by atoms with van der Waals surface area (Å²) < 4.78 is 20.3. The molecule has 22 heavy (non-hydrogen) atoms. The third-order valence-electron chi connectivity index (χ3n) is 1.94. The van der Waals surface area contributed by atoms with E-state index in [0.717, 1.165) is 11.3 Å². The highest BCUT2D eigenvalue weighted by Gasteiger charge is 2.19. The predicted octanol–water partition coefficient (Wildman–Crippen LogP) is 1.82.